The number of rotatable bonds is 0. The highest BCUT2D eigenvalue weighted by Crippen LogP contribution is 2.46. The molecule has 0 aromatic carbocycles. The van der Waals surface area contributed by atoms with Crippen LogP contribution in [0.4, 0.5) is 0 Å². The second-order valence-corrected chi connectivity index (χ2v) is 4.66. The van der Waals surface area contributed by atoms with Crippen molar-refractivity contribution in [2.75, 3.05) is 6.61 Å². The fourth-order valence-electron chi connectivity index (χ4n) is 1.96. The van der Waals surface area contributed by atoms with E-state index in [9.17, 15) is 0 Å². The SMILES string of the molecule is CC1=CC=CC(C)(C)CC12CO2. The zero-order valence-corrected chi connectivity index (χ0v) is 8.05. The van der Waals surface area contributed by atoms with Gasteiger partial charge >= 0.3 is 0 Å². The molecular weight excluding hydrogens is 148 g/mol. The Morgan fingerprint density at radius 2 is 2.08 bits per heavy atom. The molecule has 1 atom stereocenters. The van der Waals surface area contributed by atoms with E-state index in [1.54, 1.807) is 0 Å². The van der Waals surface area contributed by atoms with Gasteiger partial charge < -0.3 is 4.74 Å². The van der Waals surface area contributed by atoms with Gasteiger partial charge in [-0.05, 0) is 24.3 Å². The second-order valence-electron chi connectivity index (χ2n) is 4.66. The van der Waals surface area contributed by atoms with Crippen molar-refractivity contribution in [2.45, 2.75) is 32.8 Å². The van der Waals surface area contributed by atoms with Crippen molar-refractivity contribution >= 4 is 0 Å². The molecule has 2 rings (SSSR count). The van der Waals surface area contributed by atoms with E-state index in [1.807, 2.05) is 0 Å². The van der Waals surface area contributed by atoms with E-state index in [0.29, 0.717) is 0 Å². The zero-order chi connectivity index (χ0) is 8.82. The largest absolute Gasteiger partial charge is 0.365 e. The Hall–Kier alpha value is -0.560. The molecule has 0 bridgehead atoms. The van der Waals surface area contributed by atoms with Gasteiger partial charge in [0.05, 0.1) is 6.61 Å². The molecule has 66 valence electrons. The summed E-state index contributed by atoms with van der Waals surface area (Å²) in [5.41, 5.74) is 1.77. The summed E-state index contributed by atoms with van der Waals surface area (Å²) in [6.45, 7) is 7.61. The second kappa shape index (κ2) is 2.23. The highest BCUT2D eigenvalue weighted by Gasteiger charge is 2.49. The summed E-state index contributed by atoms with van der Waals surface area (Å²) in [4.78, 5) is 0. The maximum Gasteiger partial charge on any atom is 0.113 e. The molecule has 2 aliphatic rings. The van der Waals surface area contributed by atoms with Gasteiger partial charge in [0.2, 0.25) is 0 Å². The molecule has 0 amide bonds. The Kier molecular flexibility index (Phi) is 1.50. The summed E-state index contributed by atoms with van der Waals surface area (Å²) in [5, 5.41) is 0. The Labute approximate surface area is 74.1 Å². The van der Waals surface area contributed by atoms with E-state index in [4.69, 9.17) is 4.74 Å². The fourth-order valence-corrected chi connectivity index (χ4v) is 1.96. The molecule has 1 spiro atoms. The molecule has 1 heterocycles. The number of ether oxygens (including phenoxy) is 1. The van der Waals surface area contributed by atoms with Gasteiger partial charge in [0, 0.05) is 0 Å². The maximum absolute atomic E-state index is 5.56. The van der Waals surface area contributed by atoms with E-state index < -0.39 is 0 Å². The number of hydrogen-bond acceptors (Lipinski definition) is 1. The molecule has 0 aromatic rings. The number of allylic oxidation sites excluding steroid dienone is 3. The van der Waals surface area contributed by atoms with Gasteiger partial charge in [-0.3, -0.25) is 0 Å². The molecule has 0 radical (unpaired) electrons. The lowest BCUT2D eigenvalue weighted by Crippen LogP contribution is -2.21. The van der Waals surface area contributed by atoms with Crippen molar-refractivity contribution in [2.24, 2.45) is 5.41 Å². The summed E-state index contributed by atoms with van der Waals surface area (Å²) in [5.74, 6) is 0. The maximum atomic E-state index is 5.56. The molecule has 1 aliphatic carbocycles. The van der Waals surface area contributed by atoms with Gasteiger partial charge in [-0.2, -0.15) is 0 Å². The minimum Gasteiger partial charge on any atom is -0.365 e. The van der Waals surface area contributed by atoms with Crippen molar-refractivity contribution in [3.63, 3.8) is 0 Å². The summed E-state index contributed by atoms with van der Waals surface area (Å²) >= 11 is 0. The molecular formula is C11H16O. The van der Waals surface area contributed by atoms with Gasteiger partial charge in [-0.25, -0.2) is 0 Å². The first kappa shape index (κ1) is 8.06. The average Bonchev–Trinajstić information content (AvgIpc) is 2.67. The lowest BCUT2D eigenvalue weighted by molar-refractivity contribution is 0.265. The van der Waals surface area contributed by atoms with Crippen molar-refractivity contribution in [1.29, 1.82) is 0 Å². The van der Waals surface area contributed by atoms with E-state index in [-0.39, 0.29) is 11.0 Å². The summed E-state index contributed by atoms with van der Waals surface area (Å²) in [6.07, 6.45) is 7.74. The third-order valence-electron chi connectivity index (χ3n) is 2.85. The van der Waals surface area contributed by atoms with Gasteiger partial charge in [0.1, 0.15) is 5.60 Å². The highest BCUT2D eigenvalue weighted by atomic mass is 16.6. The quantitative estimate of drug-likeness (QED) is 0.501. The Bertz CT molecular complexity index is 254. The molecule has 0 aromatic heterocycles. The van der Waals surface area contributed by atoms with Crippen LogP contribution >= 0.6 is 0 Å². The first-order chi connectivity index (χ1) is 5.54. The van der Waals surface area contributed by atoms with Crippen LogP contribution in [0.25, 0.3) is 0 Å². The first-order valence-electron chi connectivity index (χ1n) is 4.55. The van der Waals surface area contributed by atoms with Crippen LogP contribution in [0.2, 0.25) is 0 Å². The van der Waals surface area contributed by atoms with Crippen molar-refractivity contribution < 1.29 is 4.74 Å². The minimum atomic E-state index is 0.104. The molecule has 1 unspecified atom stereocenters. The molecule has 12 heavy (non-hydrogen) atoms. The minimum absolute atomic E-state index is 0.104. The van der Waals surface area contributed by atoms with Crippen molar-refractivity contribution in [3.8, 4) is 0 Å². The Morgan fingerprint density at radius 1 is 1.42 bits per heavy atom. The molecule has 1 nitrogen and oxygen atoms in total. The molecule has 1 fully saturated rings. The van der Waals surface area contributed by atoms with Crippen LogP contribution in [-0.2, 0) is 4.74 Å². The standard InChI is InChI=1S/C11H16O/c1-9-5-4-6-10(2,3)7-11(9)8-12-11/h4-6H,7-8H2,1-3H3. The van der Waals surface area contributed by atoms with Crippen LogP contribution in [0.3, 0.4) is 0 Å². The van der Waals surface area contributed by atoms with Crippen molar-refractivity contribution in [3.05, 3.63) is 23.8 Å². The predicted molar refractivity (Wildman–Crippen MR) is 50.0 cm³/mol. The molecule has 1 saturated heterocycles. The van der Waals surface area contributed by atoms with Crippen molar-refractivity contribution in [1.82, 2.24) is 0 Å². The molecule has 1 aliphatic heterocycles. The van der Waals surface area contributed by atoms with Gasteiger partial charge in [0.25, 0.3) is 0 Å². The smallest absolute Gasteiger partial charge is 0.113 e. The third kappa shape index (κ3) is 1.22. The van der Waals surface area contributed by atoms with Crippen LogP contribution < -0.4 is 0 Å². The van der Waals surface area contributed by atoms with Gasteiger partial charge in [0.15, 0.2) is 0 Å². The van der Waals surface area contributed by atoms with E-state index in [1.165, 1.54) is 5.57 Å². The van der Waals surface area contributed by atoms with Crippen LogP contribution in [-0.4, -0.2) is 12.2 Å². The number of epoxide rings is 1. The summed E-state index contributed by atoms with van der Waals surface area (Å²) < 4.78 is 5.56. The zero-order valence-electron chi connectivity index (χ0n) is 8.05. The van der Waals surface area contributed by atoms with E-state index in [0.717, 1.165) is 13.0 Å². The van der Waals surface area contributed by atoms with Crippen LogP contribution in [0.1, 0.15) is 27.2 Å². The van der Waals surface area contributed by atoms with Crippen LogP contribution in [0.15, 0.2) is 23.8 Å². The van der Waals surface area contributed by atoms with E-state index in [2.05, 4.69) is 39.0 Å². The molecule has 0 saturated carbocycles. The predicted octanol–water partition coefficient (Wildman–Crippen LogP) is 2.69. The van der Waals surface area contributed by atoms with Gasteiger partial charge in [-0.15, -0.1) is 0 Å². The molecule has 1 heteroatoms. The first-order valence-corrected chi connectivity index (χ1v) is 4.55. The lowest BCUT2D eigenvalue weighted by atomic mass is 9.81. The summed E-state index contributed by atoms with van der Waals surface area (Å²) in [6, 6.07) is 0. The topological polar surface area (TPSA) is 12.5 Å². The summed E-state index contributed by atoms with van der Waals surface area (Å²) in [7, 11) is 0. The van der Waals surface area contributed by atoms with Crippen LogP contribution in [0.5, 0.6) is 0 Å². The fraction of sp³-hybridized carbons (Fsp3) is 0.636. The van der Waals surface area contributed by atoms with Crippen LogP contribution in [0, 0.1) is 5.41 Å². The third-order valence-corrected chi connectivity index (χ3v) is 2.85. The lowest BCUT2D eigenvalue weighted by Gasteiger charge is -2.23. The normalized spacial score (nSPS) is 37.8. The monoisotopic (exact) mass is 164 g/mol. The van der Waals surface area contributed by atoms with Gasteiger partial charge in [-0.1, -0.05) is 32.1 Å². The number of hydrogen-bond donors (Lipinski definition) is 0. The Morgan fingerprint density at radius 3 is 2.67 bits per heavy atom. The highest BCUT2D eigenvalue weighted by molar-refractivity contribution is 5.30. The average molecular weight is 164 g/mol. The molecule has 0 N–H and O–H groups in total. The van der Waals surface area contributed by atoms with E-state index >= 15 is 0 Å². The Balaban J connectivity index is 2.28.